The zero-order chi connectivity index (χ0) is 39.6. The number of nitrogens with two attached hydrogens (primary N) is 1. The van der Waals surface area contributed by atoms with Gasteiger partial charge in [0.2, 0.25) is 0 Å². The summed E-state index contributed by atoms with van der Waals surface area (Å²) in [5.74, 6) is -0.896. The Hall–Kier alpha value is -2.29. The molecule has 0 heterocycles. The van der Waals surface area contributed by atoms with Crippen molar-refractivity contribution >= 4 is 19.8 Å². The van der Waals surface area contributed by atoms with Crippen LogP contribution in [-0.2, 0) is 32.7 Å². The van der Waals surface area contributed by atoms with Crippen LogP contribution in [0, 0.1) is 0 Å². The maximum atomic E-state index is 12.6. The van der Waals surface area contributed by atoms with Gasteiger partial charge in [-0.15, -0.1) is 0 Å². The average Bonchev–Trinajstić information content (AvgIpc) is 3.16. The Morgan fingerprint density at radius 1 is 0.574 bits per heavy atom. The largest absolute Gasteiger partial charge is 0.472 e. The van der Waals surface area contributed by atoms with Gasteiger partial charge in [0.25, 0.3) is 0 Å². The van der Waals surface area contributed by atoms with Gasteiger partial charge in [-0.1, -0.05) is 171 Å². The standard InChI is InChI=1S/C44H78NO8P/c1-3-5-7-9-11-13-15-17-19-21-23-24-26-28-30-32-34-36-43(46)50-40-42(41-52-54(48,49)51-39-38-45)53-44(47)37-35-33-31-29-27-25-22-20-18-16-14-12-10-8-6-4-2/h5,7,11,13,17,19,23-24,28,30,42H,3-4,6,8-10,12,14-16,18,20-22,25-27,29,31-41,45H2,1-2H3,(H,48,49)/b7-5+,13-11+,19-17+,24-23+,30-28+/t42-/m1/s1. The number of esters is 2. The molecule has 9 nitrogen and oxygen atoms in total. The maximum Gasteiger partial charge on any atom is 0.472 e. The summed E-state index contributed by atoms with van der Waals surface area (Å²) in [4.78, 5) is 34.8. The molecule has 0 fully saturated rings. The van der Waals surface area contributed by atoms with Crippen LogP contribution >= 0.6 is 7.82 Å². The third-order valence-corrected chi connectivity index (χ3v) is 9.65. The Labute approximate surface area is 329 Å². The van der Waals surface area contributed by atoms with Crippen molar-refractivity contribution in [1.82, 2.24) is 0 Å². The molecular formula is C44H78NO8P. The lowest BCUT2D eigenvalue weighted by molar-refractivity contribution is -0.161. The normalized spacial score (nSPS) is 13.9. The van der Waals surface area contributed by atoms with E-state index in [4.69, 9.17) is 24.3 Å². The van der Waals surface area contributed by atoms with E-state index in [0.717, 1.165) is 57.8 Å². The number of unbranched alkanes of at least 4 members (excludes halogenated alkanes) is 16. The summed E-state index contributed by atoms with van der Waals surface area (Å²) < 4.78 is 32.7. The summed E-state index contributed by atoms with van der Waals surface area (Å²) in [5, 5.41) is 0. The van der Waals surface area contributed by atoms with Gasteiger partial charge in [0.05, 0.1) is 13.2 Å². The second kappa shape index (κ2) is 40.4. The molecule has 0 radical (unpaired) electrons. The number of allylic oxidation sites excluding steroid dienone is 10. The molecule has 2 atom stereocenters. The van der Waals surface area contributed by atoms with Crippen molar-refractivity contribution in [3.63, 3.8) is 0 Å². The molecule has 0 aliphatic rings. The van der Waals surface area contributed by atoms with E-state index >= 15 is 0 Å². The SMILES string of the molecule is CC/C=C/C/C=C/C/C=C/C/C=C/C/C=C/CCCC(=O)OC[C@H](COP(=O)(O)OCCN)OC(=O)CCCCCCCCCCCCCCCCCC. The van der Waals surface area contributed by atoms with Gasteiger partial charge in [-0.3, -0.25) is 18.6 Å². The summed E-state index contributed by atoms with van der Waals surface area (Å²) in [7, 11) is -4.39. The van der Waals surface area contributed by atoms with Gasteiger partial charge < -0.3 is 20.1 Å². The van der Waals surface area contributed by atoms with Crippen LogP contribution < -0.4 is 5.73 Å². The molecule has 0 saturated carbocycles. The summed E-state index contributed by atoms with van der Waals surface area (Å²) in [5.41, 5.74) is 5.34. The number of carbonyl (C=O) groups is 2. The van der Waals surface area contributed by atoms with E-state index in [9.17, 15) is 19.0 Å². The first-order chi connectivity index (χ1) is 26.3. The van der Waals surface area contributed by atoms with Crippen LogP contribution in [0.5, 0.6) is 0 Å². The minimum Gasteiger partial charge on any atom is -0.462 e. The Balaban J connectivity index is 4.25. The van der Waals surface area contributed by atoms with Crippen molar-refractivity contribution < 1.29 is 37.6 Å². The molecule has 0 saturated heterocycles. The zero-order valence-corrected chi connectivity index (χ0v) is 35.1. The van der Waals surface area contributed by atoms with Crippen molar-refractivity contribution in [2.75, 3.05) is 26.4 Å². The highest BCUT2D eigenvalue weighted by atomic mass is 31.2. The third kappa shape index (κ3) is 39.4. The van der Waals surface area contributed by atoms with E-state index in [2.05, 4.69) is 68.5 Å². The van der Waals surface area contributed by atoms with Crippen LogP contribution in [0.4, 0.5) is 0 Å². The molecule has 3 N–H and O–H groups in total. The molecule has 1 unspecified atom stereocenters. The first-order valence-electron chi connectivity index (χ1n) is 21.3. The van der Waals surface area contributed by atoms with E-state index in [1.54, 1.807) is 0 Å². The number of hydrogen-bond donors (Lipinski definition) is 2. The Bertz CT molecular complexity index is 1070. The quantitative estimate of drug-likeness (QED) is 0.0270. The number of ether oxygens (including phenoxy) is 2. The van der Waals surface area contributed by atoms with Crippen molar-refractivity contribution in [3.8, 4) is 0 Å². The van der Waals surface area contributed by atoms with Crippen LogP contribution in [0.3, 0.4) is 0 Å². The summed E-state index contributed by atoms with van der Waals surface area (Å²) in [6, 6.07) is 0. The van der Waals surface area contributed by atoms with Crippen LogP contribution in [0.15, 0.2) is 60.8 Å². The molecule has 0 bridgehead atoms. The lowest BCUT2D eigenvalue weighted by atomic mass is 10.0. The van der Waals surface area contributed by atoms with Crippen LogP contribution in [0.25, 0.3) is 0 Å². The van der Waals surface area contributed by atoms with Crippen molar-refractivity contribution in [2.24, 2.45) is 5.73 Å². The fraction of sp³-hybridized carbons (Fsp3) is 0.727. The topological polar surface area (TPSA) is 134 Å². The van der Waals surface area contributed by atoms with Gasteiger partial charge in [-0.25, -0.2) is 4.57 Å². The fourth-order valence-corrected chi connectivity index (χ4v) is 6.32. The average molecular weight is 780 g/mol. The Morgan fingerprint density at radius 3 is 1.50 bits per heavy atom. The van der Waals surface area contributed by atoms with Gasteiger partial charge >= 0.3 is 19.8 Å². The van der Waals surface area contributed by atoms with Gasteiger partial charge in [0.1, 0.15) is 6.61 Å². The van der Waals surface area contributed by atoms with Crippen LogP contribution in [0.1, 0.15) is 174 Å². The smallest absolute Gasteiger partial charge is 0.462 e. The molecule has 0 aliphatic heterocycles. The number of hydrogen-bond acceptors (Lipinski definition) is 8. The lowest BCUT2D eigenvalue weighted by Crippen LogP contribution is -2.29. The number of carbonyl (C=O) groups excluding carboxylic acids is 2. The zero-order valence-electron chi connectivity index (χ0n) is 34.2. The summed E-state index contributed by atoms with van der Waals surface area (Å²) in [6.07, 6.45) is 46.8. The predicted octanol–water partition coefficient (Wildman–Crippen LogP) is 12.1. The summed E-state index contributed by atoms with van der Waals surface area (Å²) >= 11 is 0. The van der Waals surface area contributed by atoms with E-state index in [1.807, 2.05) is 6.08 Å². The van der Waals surface area contributed by atoms with E-state index in [0.29, 0.717) is 12.8 Å². The summed E-state index contributed by atoms with van der Waals surface area (Å²) in [6.45, 7) is 3.55. The molecule has 0 spiro atoms. The molecule has 10 heteroatoms. The van der Waals surface area contributed by atoms with Crippen molar-refractivity contribution in [3.05, 3.63) is 60.8 Å². The number of rotatable bonds is 39. The lowest BCUT2D eigenvalue weighted by Gasteiger charge is -2.19. The second-order valence-electron chi connectivity index (χ2n) is 13.8. The maximum absolute atomic E-state index is 12.6. The molecule has 0 rings (SSSR count). The highest BCUT2D eigenvalue weighted by Crippen LogP contribution is 2.43. The van der Waals surface area contributed by atoms with E-state index in [1.165, 1.54) is 77.0 Å². The highest BCUT2D eigenvalue weighted by Gasteiger charge is 2.25. The Kier molecular flexibility index (Phi) is 38.7. The molecule has 54 heavy (non-hydrogen) atoms. The molecule has 0 amide bonds. The minimum atomic E-state index is -4.39. The van der Waals surface area contributed by atoms with Gasteiger partial charge in [-0.05, 0) is 51.4 Å². The minimum absolute atomic E-state index is 0.0445. The molecular weight excluding hydrogens is 701 g/mol. The first kappa shape index (κ1) is 51.7. The van der Waals surface area contributed by atoms with Gasteiger partial charge in [0, 0.05) is 19.4 Å². The monoisotopic (exact) mass is 780 g/mol. The van der Waals surface area contributed by atoms with E-state index in [-0.39, 0.29) is 32.6 Å². The third-order valence-electron chi connectivity index (χ3n) is 8.67. The molecule has 0 aromatic carbocycles. The highest BCUT2D eigenvalue weighted by molar-refractivity contribution is 7.47. The molecule has 0 aromatic rings. The molecule has 0 aromatic heterocycles. The number of phosphoric acid groups is 1. The second-order valence-corrected chi connectivity index (χ2v) is 15.3. The first-order valence-corrected chi connectivity index (χ1v) is 22.8. The van der Waals surface area contributed by atoms with Gasteiger partial charge in [-0.2, -0.15) is 0 Å². The Morgan fingerprint density at radius 2 is 1.02 bits per heavy atom. The van der Waals surface area contributed by atoms with Crippen molar-refractivity contribution in [1.29, 1.82) is 0 Å². The van der Waals surface area contributed by atoms with Crippen LogP contribution in [-0.4, -0.2) is 49.3 Å². The van der Waals surface area contributed by atoms with E-state index < -0.39 is 32.5 Å². The van der Waals surface area contributed by atoms with Gasteiger partial charge in [0.15, 0.2) is 6.10 Å². The molecule has 0 aliphatic carbocycles. The predicted molar refractivity (Wildman–Crippen MR) is 224 cm³/mol. The molecule has 312 valence electrons. The fourth-order valence-electron chi connectivity index (χ4n) is 5.55. The van der Waals surface area contributed by atoms with Crippen molar-refractivity contribution in [2.45, 2.75) is 180 Å². The number of phosphoric ester groups is 1. The van der Waals surface area contributed by atoms with Crippen LogP contribution in [0.2, 0.25) is 0 Å².